The lowest BCUT2D eigenvalue weighted by Crippen LogP contribution is -2.09. The summed E-state index contributed by atoms with van der Waals surface area (Å²) in [7, 11) is 0. The van der Waals surface area contributed by atoms with Crippen molar-refractivity contribution >= 4 is 60.5 Å². The molecule has 0 N–H and O–H groups in total. The van der Waals surface area contributed by atoms with Crippen LogP contribution < -0.4 is 4.90 Å². The van der Waals surface area contributed by atoms with Crippen LogP contribution in [0, 0.1) is 0 Å². The maximum absolute atomic E-state index is 6.14. The van der Waals surface area contributed by atoms with Crippen molar-refractivity contribution in [2.45, 2.75) is 0 Å². The highest BCUT2D eigenvalue weighted by molar-refractivity contribution is 6.10. The van der Waals surface area contributed by atoms with Crippen molar-refractivity contribution in [1.29, 1.82) is 0 Å². The molecule has 0 aliphatic carbocycles. The Balaban J connectivity index is 1.26. The van der Waals surface area contributed by atoms with E-state index in [1.54, 1.807) is 0 Å². The fourth-order valence-corrected chi connectivity index (χ4v) is 5.89. The quantitative estimate of drug-likeness (QED) is 0.234. The van der Waals surface area contributed by atoms with Crippen LogP contribution in [0.2, 0.25) is 0 Å². The van der Waals surface area contributed by atoms with E-state index in [1.165, 1.54) is 27.3 Å². The first-order chi connectivity index (χ1) is 19.8. The molecule has 0 aliphatic rings. The van der Waals surface area contributed by atoms with Crippen molar-refractivity contribution in [3.05, 3.63) is 152 Å². The van der Waals surface area contributed by atoms with Crippen LogP contribution in [-0.4, -0.2) is 0 Å². The summed E-state index contributed by atoms with van der Waals surface area (Å²) < 4.78 is 6.14. The normalized spacial score (nSPS) is 11.5. The van der Waals surface area contributed by atoms with Gasteiger partial charge in [-0.05, 0) is 87.3 Å². The molecule has 188 valence electrons. The molecular formula is C38H25NO. The number of benzene rings is 7. The van der Waals surface area contributed by atoms with Crippen LogP contribution in [0.1, 0.15) is 0 Å². The molecule has 0 spiro atoms. The zero-order chi connectivity index (χ0) is 26.5. The maximum atomic E-state index is 6.14. The van der Waals surface area contributed by atoms with Crippen LogP contribution in [-0.2, 0) is 0 Å². The minimum absolute atomic E-state index is 0.922. The Bertz CT molecular complexity index is 2150. The zero-order valence-electron chi connectivity index (χ0n) is 21.8. The van der Waals surface area contributed by atoms with Crippen molar-refractivity contribution in [2.75, 3.05) is 4.90 Å². The summed E-state index contributed by atoms with van der Waals surface area (Å²) in [5.41, 5.74) is 7.65. The highest BCUT2D eigenvalue weighted by atomic mass is 16.3. The number of hydrogen-bond acceptors (Lipinski definition) is 2. The van der Waals surface area contributed by atoms with Gasteiger partial charge in [-0.3, -0.25) is 0 Å². The van der Waals surface area contributed by atoms with E-state index in [0.29, 0.717) is 0 Å². The van der Waals surface area contributed by atoms with E-state index in [4.69, 9.17) is 4.42 Å². The summed E-state index contributed by atoms with van der Waals surface area (Å²) in [6.45, 7) is 0. The van der Waals surface area contributed by atoms with E-state index < -0.39 is 0 Å². The number of para-hydroxylation sites is 2. The minimum atomic E-state index is 0.922. The molecule has 1 heterocycles. The van der Waals surface area contributed by atoms with Crippen LogP contribution in [0.4, 0.5) is 17.1 Å². The summed E-state index contributed by atoms with van der Waals surface area (Å²) >= 11 is 0. The summed E-state index contributed by atoms with van der Waals surface area (Å²) in [5.74, 6) is 0. The van der Waals surface area contributed by atoms with Crippen LogP contribution >= 0.6 is 0 Å². The van der Waals surface area contributed by atoms with E-state index in [2.05, 4.69) is 144 Å². The lowest BCUT2D eigenvalue weighted by Gasteiger charge is -2.26. The molecule has 2 heteroatoms. The summed E-state index contributed by atoms with van der Waals surface area (Å²) in [6.07, 6.45) is 0. The minimum Gasteiger partial charge on any atom is -0.456 e. The molecule has 7 aromatic carbocycles. The number of nitrogens with zero attached hydrogens (tertiary/aromatic N) is 1. The van der Waals surface area contributed by atoms with Crippen molar-refractivity contribution in [2.24, 2.45) is 0 Å². The number of furan rings is 1. The van der Waals surface area contributed by atoms with Gasteiger partial charge in [0.15, 0.2) is 0 Å². The molecule has 0 saturated carbocycles. The number of fused-ring (bicyclic) bond motifs is 5. The van der Waals surface area contributed by atoms with Gasteiger partial charge in [-0.2, -0.15) is 0 Å². The molecule has 0 amide bonds. The molecule has 0 unspecified atom stereocenters. The lowest BCUT2D eigenvalue weighted by atomic mass is 9.98. The highest BCUT2D eigenvalue weighted by Crippen LogP contribution is 2.39. The SMILES string of the molecule is c1ccc(N(c2ccc(-c3cccc4ccccc34)cc2)c2ccc3cc4oc5ccccc5c4cc3c2)cc1. The van der Waals surface area contributed by atoms with Gasteiger partial charge >= 0.3 is 0 Å². The van der Waals surface area contributed by atoms with Crippen LogP contribution in [0.25, 0.3) is 54.6 Å². The molecule has 40 heavy (non-hydrogen) atoms. The average molecular weight is 512 g/mol. The number of anilines is 3. The molecule has 0 radical (unpaired) electrons. The van der Waals surface area contributed by atoms with E-state index in [-0.39, 0.29) is 0 Å². The zero-order valence-corrected chi connectivity index (χ0v) is 21.8. The Morgan fingerprint density at radius 3 is 1.95 bits per heavy atom. The van der Waals surface area contributed by atoms with Gasteiger partial charge in [0, 0.05) is 27.8 Å². The van der Waals surface area contributed by atoms with Gasteiger partial charge in [-0.25, -0.2) is 0 Å². The topological polar surface area (TPSA) is 16.4 Å². The van der Waals surface area contributed by atoms with Gasteiger partial charge in [-0.15, -0.1) is 0 Å². The van der Waals surface area contributed by atoms with Gasteiger partial charge in [0.1, 0.15) is 11.2 Å². The van der Waals surface area contributed by atoms with Crippen molar-refractivity contribution in [1.82, 2.24) is 0 Å². The van der Waals surface area contributed by atoms with Gasteiger partial charge in [0.25, 0.3) is 0 Å². The molecule has 2 nitrogen and oxygen atoms in total. The summed E-state index contributed by atoms with van der Waals surface area (Å²) in [4.78, 5) is 2.32. The summed E-state index contributed by atoms with van der Waals surface area (Å²) in [6, 6.07) is 53.9. The van der Waals surface area contributed by atoms with Crippen LogP contribution in [0.5, 0.6) is 0 Å². The average Bonchev–Trinajstić information content (AvgIpc) is 3.38. The third kappa shape index (κ3) is 3.73. The predicted octanol–water partition coefficient (Wildman–Crippen LogP) is 11.0. The molecule has 0 bridgehead atoms. The Kier molecular flexibility index (Phi) is 5.17. The lowest BCUT2D eigenvalue weighted by molar-refractivity contribution is 0.669. The van der Waals surface area contributed by atoms with Gasteiger partial charge in [-0.1, -0.05) is 97.1 Å². The monoisotopic (exact) mass is 511 g/mol. The second-order valence-corrected chi connectivity index (χ2v) is 10.2. The third-order valence-corrected chi connectivity index (χ3v) is 7.82. The molecule has 0 fully saturated rings. The molecule has 0 aliphatic heterocycles. The highest BCUT2D eigenvalue weighted by Gasteiger charge is 2.15. The van der Waals surface area contributed by atoms with Crippen LogP contribution in [0.15, 0.2) is 156 Å². The molecule has 0 atom stereocenters. The van der Waals surface area contributed by atoms with E-state index in [1.807, 2.05) is 12.1 Å². The predicted molar refractivity (Wildman–Crippen MR) is 169 cm³/mol. The fourth-order valence-electron chi connectivity index (χ4n) is 5.89. The van der Waals surface area contributed by atoms with Crippen molar-refractivity contribution in [3.8, 4) is 11.1 Å². The fraction of sp³-hybridized carbons (Fsp3) is 0. The smallest absolute Gasteiger partial charge is 0.136 e. The summed E-state index contributed by atoms with van der Waals surface area (Å²) in [5, 5.41) is 7.16. The maximum Gasteiger partial charge on any atom is 0.136 e. The molecule has 1 aromatic heterocycles. The van der Waals surface area contributed by atoms with Gasteiger partial charge in [0.05, 0.1) is 0 Å². The molecule has 0 saturated heterocycles. The first kappa shape index (κ1) is 22.6. The molecule has 8 aromatic rings. The second-order valence-electron chi connectivity index (χ2n) is 10.2. The van der Waals surface area contributed by atoms with Crippen LogP contribution in [0.3, 0.4) is 0 Å². The number of hydrogen-bond donors (Lipinski definition) is 0. The Morgan fingerprint density at radius 1 is 0.375 bits per heavy atom. The second kappa shape index (κ2) is 9.14. The first-order valence-corrected chi connectivity index (χ1v) is 13.6. The first-order valence-electron chi connectivity index (χ1n) is 13.6. The Hall–Kier alpha value is -5.34. The van der Waals surface area contributed by atoms with E-state index in [9.17, 15) is 0 Å². The standard InChI is InChI=1S/C38H25NO/c1-2-11-30(12-3-1)39(31-20-17-27(18-21-31)34-15-8-10-26-9-4-5-13-33(26)34)32-22-19-28-25-38-36(24-29(28)23-32)35-14-6-7-16-37(35)40-38/h1-25H. The van der Waals surface area contributed by atoms with Crippen molar-refractivity contribution < 1.29 is 4.42 Å². The molecular weight excluding hydrogens is 486 g/mol. The number of rotatable bonds is 4. The van der Waals surface area contributed by atoms with Gasteiger partial charge in [0.2, 0.25) is 0 Å². The van der Waals surface area contributed by atoms with E-state index in [0.717, 1.165) is 44.4 Å². The molecule has 8 rings (SSSR count). The Morgan fingerprint density at radius 2 is 1.07 bits per heavy atom. The Labute approximate surface area is 232 Å². The largest absolute Gasteiger partial charge is 0.456 e. The van der Waals surface area contributed by atoms with Crippen molar-refractivity contribution in [3.63, 3.8) is 0 Å². The van der Waals surface area contributed by atoms with E-state index >= 15 is 0 Å². The van der Waals surface area contributed by atoms with Gasteiger partial charge < -0.3 is 9.32 Å². The third-order valence-electron chi connectivity index (χ3n) is 7.82.